The predicted molar refractivity (Wildman–Crippen MR) is 84.0 cm³/mol. The number of hydrogen-bond donors (Lipinski definition) is 0. The first-order valence-electron chi connectivity index (χ1n) is 6.67. The van der Waals surface area contributed by atoms with Crippen LogP contribution < -0.4 is 4.74 Å². The lowest BCUT2D eigenvalue weighted by molar-refractivity contribution is -0.384. The second-order valence-electron chi connectivity index (χ2n) is 4.49. The molecule has 0 fully saturated rings. The molecule has 0 N–H and O–H groups in total. The first kappa shape index (κ1) is 15.9. The Kier molecular flexibility index (Phi) is 5.21. The van der Waals surface area contributed by atoms with Crippen molar-refractivity contribution >= 4 is 17.5 Å². The lowest BCUT2D eigenvalue weighted by Crippen LogP contribution is -1.97. The zero-order valence-electron chi connectivity index (χ0n) is 12.0. The van der Waals surface area contributed by atoms with Gasteiger partial charge in [0.05, 0.1) is 4.92 Å². The van der Waals surface area contributed by atoms with Gasteiger partial charge in [0.15, 0.2) is 12.4 Å². The minimum Gasteiger partial charge on any atom is -0.478 e. The van der Waals surface area contributed by atoms with Gasteiger partial charge in [-0.3, -0.25) is 14.9 Å². The second kappa shape index (κ2) is 7.52. The molecule has 2 aromatic rings. The summed E-state index contributed by atoms with van der Waals surface area (Å²) >= 11 is 0. The van der Waals surface area contributed by atoms with Gasteiger partial charge in [-0.05, 0) is 18.2 Å². The number of benzene rings is 2. The van der Waals surface area contributed by atoms with Crippen molar-refractivity contribution in [3.8, 4) is 11.8 Å². The third-order valence-electron chi connectivity index (χ3n) is 2.97. The Morgan fingerprint density at radius 2 is 2.04 bits per heavy atom. The Bertz CT molecular complexity index is 806. The van der Waals surface area contributed by atoms with Crippen LogP contribution in [0, 0.1) is 21.4 Å². The van der Waals surface area contributed by atoms with Crippen molar-refractivity contribution in [3.63, 3.8) is 0 Å². The molecule has 6 nitrogen and oxygen atoms in total. The lowest BCUT2D eigenvalue weighted by atomic mass is 10.1. The number of rotatable bonds is 6. The van der Waals surface area contributed by atoms with E-state index in [1.54, 1.807) is 30.3 Å². The van der Waals surface area contributed by atoms with Crippen LogP contribution in [-0.2, 0) is 0 Å². The van der Waals surface area contributed by atoms with Gasteiger partial charge in [-0.25, -0.2) is 0 Å². The standard InChI is InChI=1S/C17H12N2O4/c18-10-11-23-17-7-2-1-4-13(17)8-9-16(20)14-5-3-6-15(12-14)19(21)22/h1-9,12H,11H2/b9-8+. The molecule has 0 bridgehead atoms. The number of ketones is 1. The Balaban J connectivity index is 2.20. The van der Waals surface area contributed by atoms with Gasteiger partial charge in [-0.15, -0.1) is 0 Å². The molecule has 0 saturated carbocycles. The highest BCUT2D eigenvalue weighted by molar-refractivity contribution is 6.07. The molecule has 0 saturated heterocycles. The fourth-order valence-electron chi connectivity index (χ4n) is 1.89. The quantitative estimate of drug-likeness (QED) is 0.353. The molecule has 6 heteroatoms. The molecular weight excluding hydrogens is 296 g/mol. The number of ether oxygens (including phenoxy) is 1. The molecule has 0 aliphatic rings. The molecule has 0 unspecified atom stereocenters. The van der Waals surface area contributed by atoms with Gasteiger partial charge in [0.25, 0.3) is 5.69 Å². The lowest BCUT2D eigenvalue weighted by Gasteiger charge is -2.05. The number of carbonyl (C=O) groups is 1. The van der Waals surface area contributed by atoms with Crippen LogP contribution in [0.25, 0.3) is 6.08 Å². The number of nitrogens with zero attached hydrogens (tertiary/aromatic N) is 2. The van der Waals surface area contributed by atoms with E-state index in [1.807, 2.05) is 6.07 Å². The number of nitro groups is 1. The van der Waals surface area contributed by atoms with Gasteiger partial charge in [0.1, 0.15) is 11.8 Å². The van der Waals surface area contributed by atoms with Crippen LogP contribution in [0.4, 0.5) is 5.69 Å². The SMILES string of the molecule is N#CCOc1ccccc1/C=C/C(=O)c1cccc([N+](=O)[O-])c1. The minimum atomic E-state index is -0.550. The zero-order valence-corrected chi connectivity index (χ0v) is 12.0. The first-order chi connectivity index (χ1) is 11.1. The van der Waals surface area contributed by atoms with Crippen molar-refractivity contribution in [3.05, 3.63) is 75.8 Å². The predicted octanol–water partition coefficient (Wildman–Crippen LogP) is 3.39. The van der Waals surface area contributed by atoms with Crippen LogP contribution >= 0.6 is 0 Å². The van der Waals surface area contributed by atoms with Crippen LogP contribution in [0.2, 0.25) is 0 Å². The number of nitriles is 1. The second-order valence-corrected chi connectivity index (χ2v) is 4.49. The van der Waals surface area contributed by atoms with Gasteiger partial charge >= 0.3 is 0 Å². The van der Waals surface area contributed by atoms with Crippen molar-refractivity contribution < 1.29 is 14.5 Å². The summed E-state index contributed by atoms with van der Waals surface area (Å²) in [5, 5.41) is 19.3. The fourth-order valence-corrected chi connectivity index (χ4v) is 1.89. The smallest absolute Gasteiger partial charge is 0.270 e. The summed E-state index contributed by atoms with van der Waals surface area (Å²) in [6, 6.07) is 14.4. The number of carbonyl (C=O) groups excluding carboxylic acids is 1. The Labute approximate surface area is 132 Å². The maximum absolute atomic E-state index is 12.1. The molecule has 2 rings (SSSR count). The number of non-ortho nitro benzene ring substituents is 1. The highest BCUT2D eigenvalue weighted by Crippen LogP contribution is 2.20. The number of allylic oxidation sites excluding steroid dienone is 1. The summed E-state index contributed by atoms with van der Waals surface area (Å²) in [6.07, 6.45) is 2.86. The van der Waals surface area contributed by atoms with E-state index < -0.39 is 4.92 Å². The zero-order chi connectivity index (χ0) is 16.7. The largest absolute Gasteiger partial charge is 0.478 e. The van der Waals surface area contributed by atoms with E-state index in [4.69, 9.17) is 10.00 Å². The minimum absolute atomic E-state index is 0.0936. The van der Waals surface area contributed by atoms with E-state index in [1.165, 1.54) is 30.3 Å². The third-order valence-corrected chi connectivity index (χ3v) is 2.97. The Morgan fingerprint density at radius 1 is 1.26 bits per heavy atom. The number of para-hydroxylation sites is 1. The van der Waals surface area contributed by atoms with E-state index in [-0.39, 0.29) is 23.6 Å². The van der Waals surface area contributed by atoms with E-state index in [0.29, 0.717) is 11.3 Å². The maximum Gasteiger partial charge on any atom is 0.270 e. The first-order valence-corrected chi connectivity index (χ1v) is 6.67. The highest BCUT2D eigenvalue weighted by Gasteiger charge is 2.09. The summed E-state index contributed by atoms with van der Waals surface area (Å²) in [6.45, 7) is -0.0936. The van der Waals surface area contributed by atoms with Crippen LogP contribution in [0.1, 0.15) is 15.9 Å². The summed E-state index contributed by atoms with van der Waals surface area (Å²) < 4.78 is 5.26. The van der Waals surface area contributed by atoms with Gasteiger partial charge in [-0.1, -0.05) is 30.3 Å². The molecule has 0 aliphatic carbocycles. The molecule has 0 amide bonds. The molecule has 2 aromatic carbocycles. The van der Waals surface area contributed by atoms with Crippen molar-refractivity contribution in [2.45, 2.75) is 0 Å². The van der Waals surface area contributed by atoms with E-state index in [0.717, 1.165) is 0 Å². The van der Waals surface area contributed by atoms with Gasteiger partial charge < -0.3 is 4.74 Å². The molecule has 0 spiro atoms. The van der Waals surface area contributed by atoms with Crippen molar-refractivity contribution in [2.24, 2.45) is 0 Å². The van der Waals surface area contributed by atoms with Crippen LogP contribution in [0.3, 0.4) is 0 Å². The Hall–Kier alpha value is -3.46. The summed E-state index contributed by atoms with van der Waals surface area (Å²) in [5.41, 5.74) is 0.731. The molecule has 23 heavy (non-hydrogen) atoms. The van der Waals surface area contributed by atoms with Crippen molar-refractivity contribution in [1.29, 1.82) is 5.26 Å². The van der Waals surface area contributed by atoms with Crippen molar-refractivity contribution in [2.75, 3.05) is 6.61 Å². The average molecular weight is 308 g/mol. The number of nitro benzene ring substituents is 1. The van der Waals surface area contributed by atoms with E-state index in [2.05, 4.69) is 0 Å². The fraction of sp³-hybridized carbons (Fsp3) is 0.0588. The molecular formula is C17H12N2O4. The van der Waals surface area contributed by atoms with Crippen LogP contribution in [-0.4, -0.2) is 17.3 Å². The molecule has 0 aromatic heterocycles. The van der Waals surface area contributed by atoms with Crippen molar-refractivity contribution in [1.82, 2.24) is 0 Å². The summed E-state index contributed by atoms with van der Waals surface area (Å²) in [5.74, 6) is 0.126. The molecule has 0 aliphatic heterocycles. The highest BCUT2D eigenvalue weighted by atomic mass is 16.6. The number of hydrogen-bond acceptors (Lipinski definition) is 5. The Morgan fingerprint density at radius 3 is 2.78 bits per heavy atom. The van der Waals surface area contributed by atoms with E-state index in [9.17, 15) is 14.9 Å². The molecule has 0 heterocycles. The normalized spacial score (nSPS) is 10.2. The van der Waals surface area contributed by atoms with Crippen LogP contribution in [0.5, 0.6) is 5.75 Å². The van der Waals surface area contributed by atoms with Crippen LogP contribution in [0.15, 0.2) is 54.6 Å². The van der Waals surface area contributed by atoms with Gasteiger partial charge in [0.2, 0.25) is 0 Å². The molecule has 114 valence electrons. The third kappa shape index (κ3) is 4.25. The monoisotopic (exact) mass is 308 g/mol. The maximum atomic E-state index is 12.1. The topological polar surface area (TPSA) is 93.2 Å². The van der Waals surface area contributed by atoms with Gasteiger partial charge in [-0.2, -0.15) is 5.26 Å². The average Bonchev–Trinajstić information content (AvgIpc) is 2.58. The molecule has 0 radical (unpaired) electrons. The summed E-state index contributed by atoms with van der Waals surface area (Å²) in [7, 11) is 0. The molecule has 0 atom stereocenters. The van der Waals surface area contributed by atoms with Gasteiger partial charge in [0, 0.05) is 23.3 Å². The van der Waals surface area contributed by atoms with E-state index >= 15 is 0 Å². The summed E-state index contributed by atoms with van der Waals surface area (Å²) in [4.78, 5) is 22.3.